The number of aliphatic hydroxyl groups is 9. The highest BCUT2D eigenvalue weighted by Gasteiger charge is 2.45. The predicted molar refractivity (Wildman–Crippen MR) is 338 cm³/mol. The van der Waals surface area contributed by atoms with E-state index in [2.05, 4.69) is 22.9 Å². The monoisotopic (exact) mass is 1340 g/mol. The number of hydrogen-bond donors (Lipinski definition) is 12. The lowest BCUT2D eigenvalue weighted by molar-refractivity contribution is -0.282. The van der Waals surface area contributed by atoms with Crippen molar-refractivity contribution in [3.05, 3.63) is 0 Å². The van der Waals surface area contributed by atoms with Crippen LogP contribution in [0, 0.1) is 23.2 Å². The SMILES string of the molecule is CC1C(OCCCC(=O)CCCCCCCNC(=O)OCCCC(C)(CCCOC(=O)CCCCCCCNC(=O)CCCOC2OC(CO)C(O)C(O)C2C)CCCOC(=O)CCCCCCCNC(=O)COC2OC(CO)C(O)C(O)C2C)OC(CO)C(O)C1O. The van der Waals surface area contributed by atoms with Gasteiger partial charge < -0.3 is 105 Å². The molecule has 0 aromatic heterocycles. The number of alkyl carbamates (subject to hydrolysis) is 1. The summed E-state index contributed by atoms with van der Waals surface area (Å²) in [6.45, 7) is 8.13. The van der Waals surface area contributed by atoms with Gasteiger partial charge in [0, 0.05) is 69.5 Å². The number of carbonyl (C=O) groups is 6. The summed E-state index contributed by atoms with van der Waals surface area (Å²) in [5.41, 5.74) is -0.213. The van der Waals surface area contributed by atoms with Gasteiger partial charge in [0.05, 0.1) is 71.2 Å². The Morgan fingerprint density at radius 2 is 0.720 bits per heavy atom. The molecule has 0 aliphatic carbocycles. The molecule has 16 atom stereocenters. The summed E-state index contributed by atoms with van der Waals surface area (Å²) in [7, 11) is 0. The van der Waals surface area contributed by atoms with Crippen molar-refractivity contribution in [1.29, 1.82) is 0 Å². The first-order chi connectivity index (χ1) is 44.6. The van der Waals surface area contributed by atoms with E-state index in [0.29, 0.717) is 90.3 Å². The standard InChI is InChI=1S/C66H119N3O24/c1-45-56(78)59(81)49(41-70)91-62(45)87-36-20-26-48(73)25-14-8-5-13-19-35-69-65(84)89-40-24-32-66(4,31-23-39-86-55(77)29-16-10-7-12-18-34-68-53(75)44-90-64-47(3)58(80)61(83)51(43-72)93-64)30-22-38-85-54(76)28-15-9-6-11-17-33-67-52(74)27-21-37-88-63-46(2)57(79)60(82)50(42-71)92-63/h45-47,49-51,56-64,70-72,78-83H,5-44H2,1-4H3,(H,67,74)(H,68,75)(H,69,84). The molecular formula is C66H119N3O24. The molecule has 3 aliphatic heterocycles. The molecule has 0 saturated carbocycles. The van der Waals surface area contributed by atoms with E-state index in [1.807, 2.05) is 0 Å². The summed E-state index contributed by atoms with van der Waals surface area (Å²) in [4.78, 5) is 75.0. The van der Waals surface area contributed by atoms with Crippen LogP contribution in [0.1, 0.15) is 207 Å². The fraction of sp³-hybridized carbons (Fsp3) is 0.909. The Kier molecular flexibility index (Phi) is 43.8. The summed E-state index contributed by atoms with van der Waals surface area (Å²) in [6, 6.07) is 0. The molecule has 3 aliphatic rings. The van der Waals surface area contributed by atoms with Crippen LogP contribution in [0.4, 0.5) is 4.79 Å². The number of ether oxygens (including phenoxy) is 9. The van der Waals surface area contributed by atoms with E-state index >= 15 is 0 Å². The number of hydrogen-bond acceptors (Lipinski definition) is 24. The van der Waals surface area contributed by atoms with Gasteiger partial charge in [-0.15, -0.1) is 0 Å². The third-order valence-electron chi connectivity index (χ3n) is 17.8. The van der Waals surface area contributed by atoms with Gasteiger partial charge in [0.2, 0.25) is 11.8 Å². The van der Waals surface area contributed by atoms with E-state index < -0.39 is 117 Å². The Morgan fingerprint density at radius 1 is 0.376 bits per heavy atom. The van der Waals surface area contributed by atoms with Gasteiger partial charge in [-0.2, -0.15) is 0 Å². The number of esters is 2. The smallest absolute Gasteiger partial charge is 0.407 e. The van der Waals surface area contributed by atoms with E-state index in [0.717, 1.165) is 103 Å². The molecule has 542 valence electrons. The van der Waals surface area contributed by atoms with Gasteiger partial charge >= 0.3 is 18.0 Å². The first-order valence-electron chi connectivity index (χ1n) is 34.6. The zero-order chi connectivity index (χ0) is 68.4. The maximum Gasteiger partial charge on any atom is 0.407 e. The summed E-state index contributed by atoms with van der Waals surface area (Å²) >= 11 is 0. The van der Waals surface area contributed by atoms with Crippen LogP contribution in [0.25, 0.3) is 0 Å². The molecule has 3 rings (SSSR count). The molecule has 0 aromatic carbocycles. The van der Waals surface area contributed by atoms with Gasteiger partial charge in [-0.25, -0.2) is 4.79 Å². The Morgan fingerprint density at radius 3 is 1.15 bits per heavy atom. The number of Topliss-reactive ketones (excluding diaryl/α,β-unsaturated/α-hetero) is 1. The Balaban J connectivity index is 1.27. The quantitative estimate of drug-likeness (QED) is 0.0234. The summed E-state index contributed by atoms with van der Waals surface area (Å²) in [5.74, 6) is -2.41. The highest BCUT2D eigenvalue weighted by molar-refractivity contribution is 5.78. The average Bonchev–Trinajstić information content (AvgIpc) is 0.976. The second kappa shape index (κ2) is 48.8. The summed E-state index contributed by atoms with van der Waals surface area (Å²) < 4.78 is 50.3. The van der Waals surface area contributed by atoms with Crippen LogP contribution in [0.15, 0.2) is 0 Å². The second-order valence-electron chi connectivity index (χ2n) is 25.9. The molecule has 0 aromatic rings. The maximum absolute atomic E-state index is 12.7. The minimum atomic E-state index is -1.25. The zero-order valence-corrected chi connectivity index (χ0v) is 56.1. The third-order valence-corrected chi connectivity index (χ3v) is 17.8. The predicted octanol–water partition coefficient (Wildman–Crippen LogP) is 3.80. The van der Waals surface area contributed by atoms with Crippen molar-refractivity contribution < 1.29 is 117 Å². The first-order valence-corrected chi connectivity index (χ1v) is 34.6. The van der Waals surface area contributed by atoms with Crippen molar-refractivity contribution >= 4 is 35.6 Å². The summed E-state index contributed by atoms with van der Waals surface area (Å²) in [6.07, 6.45) is 6.14. The number of amides is 3. The maximum atomic E-state index is 12.7. The van der Waals surface area contributed by atoms with E-state index in [9.17, 15) is 74.7 Å². The van der Waals surface area contributed by atoms with E-state index in [4.69, 9.17) is 42.6 Å². The van der Waals surface area contributed by atoms with Gasteiger partial charge in [0.25, 0.3) is 0 Å². The van der Waals surface area contributed by atoms with E-state index in [-0.39, 0.29) is 81.0 Å². The highest BCUT2D eigenvalue weighted by atomic mass is 16.7. The molecule has 93 heavy (non-hydrogen) atoms. The minimum Gasteiger partial charge on any atom is -0.466 e. The molecule has 0 radical (unpaired) electrons. The molecule has 12 N–H and O–H groups in total. The van der Waals surface area contributed by atoms with E-state index in [1.165, 1.54) is 0 Å². The molecule has 27 nitrogen and oxygen atoms in total. The van der Waals surface area contributed by atoms with Crippen molar-refractivity contribution in [1.82, 2.24) is 16.0 Å². The lowest BCUT2D eigenvalue weighted by Crippen LogP contribution is -2.55. The topological polar surface area (TPSA) is 404 Å². The summed E-state index contributed by atoms with van der Waals surface area (Å²) in [5, 5.41) is 97.4. The molecule has 0 bridgehead atoms. The van der Waals surface area contributed by atoms with Crippen molar-refractivity contribution in [3.63, 3.8) is 0 Å². The lowest BCUT2D eigenvalue weighted by atomic mass is 9.77. The number of aliphatic hydroxyl groups excluding tert-OH is 9. The van der Waals surface area contributed by atoms with Gasteiger partial charge in [0.15, 0.2) is 18.9 Å². The van der Waals surface area contributed by atoms with Gasteiger partial charge in [0.1, 0.15) is 49.0 Å². The lowest BCUT2D eigenvalue weighted by Gasteiger charge is -2.40. The molecular weight excluding hydrogens is 1220 g/mol. The number of unbranched alkanes of at least 4 members (excludes halogenated alkanes) is 12. The molecule has 3 heterocycles. The van der Waals surface area contributed by atoms with Crippen LogP contribution in [-0.2, 0) is 66.6 Å². The van der Waals surface area contributed by atoms with Crippen LogP contribution >= 0.6 is 0 Å². The molecule has 27 heteroatoms. The van der Waals surface area contributed by atoms with Crippen LogP contribution in [0.5, 0.6) is 0 Å². The molecule has 0 spiro atoms. The second-order valence-corrected chi connectivity index (χ2v) is 25.9. The molecule has 3 saturated heterocycles. The molecule has 16 unspecified atom stereocenters. The average molecular weight is 1340 g/mol. The van der Waals surface area contributed by atoms with Gasteiger partial charge in [-0.3, -0.25) is 24.0 Å². The fourth-order valence-electron chi connectivity index (χ4n) is 11.6. The van der Waals surface area contributed by atoms with Crippen LogP contribution in [0.3, 0.4) is 0 Å². The largest absolute Gasteiger partial charge is 0.466 e. The first kappa shape index (κ1) is 83.4. The van der Waals surface area contributed by atoms with Crippen LogP contribution in [0.2, 0.25) is 0 Å². The highest BCUT2D eigenvalue weighted by Crippen LogP contribution is 2.35. The number of rotatable bonds is 52. The Labute approximate surface area is 550 Å². The fourth-order valence-corrected chi connectivity index (χ4v) is 11.6. The number of carbonyl (C=O) groups excluding carboxylic acids is 6. The van der Waals surface area contributed by atoms with Crippen molar-refractivity contribution in [2.24, 2.45) is 23.2 Å². The Hall–Kier alpha value is -3.78. The minimum absolute atomic E-state index is 0.0999. The van der Waals surface area contributed by atoms with Gasteiger partial charge in [-0.05, 0) is 95.3 Å². The number of ketones is 1. The van der Waals surface area contributed by atoms with Crippen molar-refractivity contribution in [3.8, 4) is 0 Å². The number of nitrogens with one attached hydrogen (secondary N) is 3. The van der Waals surface area contributed by atoms with Crippen LogP contribution < -0.4 is 16.0 Å². The zero-order valence-electron chi connectivity index (χ0n) is 56.1. The van der Waals surface area contributed by atoms with Gasteiger partial charge in [-0.1, -0.05) is 85.5 Å². The molecule has 3 amide bonds. The van der Waals surface area contributed by atoms with Crippen molar-refractivity contribution in [2.75, 3.05) is 79.1 Å². The Bertz CT molecular complexity index is 1950. The molecule has 3 fully saturated rings. The normalized spacial score (nSPS) is 27.0. The van der Waals surface area contributed by atoms with Crippen LogP contribution in [-0.4, -0.2) is 234 Å². The van der Waals surface area contributed by atoms with E-state index in [1.54, 1.807) is 20.8 Å². The van der Waals surface area contributed by atoms with Crippen molar-refractivity contribution in [2.45, 2.75) is 281 Å². The third kappa shape index (κ3) is 34.3.